The van der Waals surface area contributed by atoms with Crippen LogP contribution in [0.15, 0.2) is 46.3 Å². The summed E-state index contributed by atoms with van der Waals surface area (Å²) in [4.78, 5) is 36.7. The molecule has 0 bridgehead atoms. The molecule has 1 saturated heterocycles. The lowest BCUT2D eigenvalue weighted by molar-refractivity contribution is -0.384. The SMILES string of the molecule is CN1C(=O)C(N=Nc2cccc([N+](=O)[O-])c2)C(=O)C2CCCC=C21. The van der Waals surface area contributed by atoms with Gasteiger partial charge in [-0.3, -0.25) is 19.7 Å². The van der Waals surface area contributed by atoms with Crippen molar-refractivity contribution >= 4 is 23.1 Å². The summed E-state index contributed by atoms with van der Waals surface area (Å²) in [6.45, 7) is 0. The van der Waals surface area contributed by atoms with Crippen molar-refractivity contribution in [2.75, 3.05) is 7.05 Å². The van der Waals surface area contributed by atoms with Gasteiger partial charge in [0.05, 0.1) is 16.5 Å². The number of azo groups is 1. The van der Waals surface area contributed by atoms with E-state index in [1.165, 1.54) is 29.2 Å². The molecule has 24 heavy (non-hydrogen) atoms. The van der Waals surface area contributed by atoms with Gasteiger partial charge in [-0.25, -0.2) is 0 Å². The van der Waals surface area contributed by atoms with Crippen LogP contribution in [0, 0.1) is 16.0 Å². The normalized spacial score (nSPS) is 24.0. The Bertz CT molecular complexity index is 771. The number of carbonyl (C=O) groups excluding carboxylic acids is 2. The van der Waals surface area contributed by atoms with Crippen molar-refractivity contribution in [3.05, 3.63) is 46.2 Å². The average molecular weight is 328 g/mol. The Kier molecular flexibility index (Phi) is 4.20. The molecule has 8 nitrogen and oxygen atoms in total. The molecule has 1 aromatic carbocycles. The third-order valence-corrected chi connectivity index (χ3v) is 4.30. The Labute approximate surface area is 138 Å². The van der Waals surface area contributed by atoms with Crippen LogP contribution in [-0.4, -0.2) is 34.6 Å². The molecule has 1 aliphatic carbocycles. The minimum atomic E-state index is -1.19. The molecule has 0 spiro atoms. The number of amides is 1. The maximum absolute atomic E-state index is 12.6. The first-order chi connectivity index (χ1) is 11.5. The third-order valence-electron chi connectivity index (χ3n) is 4.30. The summed E-state index contributed by atoms with van der Waals surface area (Å²) in [6, 6.07) is 4.41. The van der Waals surface area contributed by atoms with Gasteiger partial charge in [0.1, 0.15) is 0 Å². The standard InChI is InChI=1S/C16H16N4O4/c1-19-13-8-3-2-7-12(13)15(21)14(16(19)22)18-17-10-5-4-6-11(9-10)20(23)24/h4-6,8-9,12,14H,2-3,7H2,1H3. The van der Waals surface area contributed by atoms with Crippen molar-refractivity contribution in [1.29, 1.82) is 0 Å². The van der Waals surface area contributed by atoms with E-state index in [1.807, 2.05) is 6.08 Å². The summed E-state index contributed by atoms with van der Waals surface area (Å²) in [5.74, 6) is -0.993. The predicted octanol–water partition coefficient (Wildman–Crippen LogP) is 2.77. The number of hydrogen-bond acceptors (Lipinski definition) is 6. The van der Waals surface area contributed by atoms with Gasteiger partial charge in [0.2, 0.25) is 6.04 Å². The molecular weight excluding hydrogens is 312 g/mol. The molecule has 0 aromatic heterocycles. The highest BCUT2D eigenvalue weighted by Gasteiger charge is 2.44. The van der Waals surface area contributed by atoms with E-state index < -0.39 is 16.9 Å². The highest BCUT2D eigenvalue weighted by atomic mass is 16.6. The maximum atomic E-state index is 12.6. The fourth-order valence-corrected chi connectivity index (χ4v) is 3.04. The number of likely N-dealkylation sites (N-methyl/N-ethyl adjacent to an activating group) is 1. The first kappa shape index (κ1) is 16.0. The molecule has 3 rings (SSSR count). The van der Waals surface area contributed by atoms with E-state index in [-0.39, 0.29) is 23.1 Å². The van der Waals surface area contributed by atoms with Crippen molar-refractivity contribution in [3.63, 3.8) is 0 Å². The number of nitrogens with zero attached hydrogens (tertiary/aromatic N) is 4. The van der Waals surface area contributed by atoms with Gasteiger partial charge in [-0.1, -0.05) is 12.1 Å². The van der Waals surface area contributed by atoms with E-state index in [0.29, 0.717) is 6.42 Å². The topological polar surface area (TPSA) is 105 Å². The second-order valence-electron chi connectivity index (χ2n) is 5.81. The highest BCUT2D eigenvalue weighted by Crippen LogP contribution is 2.34. The smallest absolute Gasteiger partial charge is 0.271 e. The molecule has 2 aliphatic rings. The minimum absolute atomic E-state index is 0.123. The predicted molar refractivity (Wildman–Crippen MR) is 84.6 cm³/mol. The van der Waals surface area contributed by atoms with E-state index in [1.54, 1.807) is 7.05 Å². The van der Waals surface area contributed by atoms with Crippen LogP contribution in [0.5, 0.6) is 0 Å². The van der Waals surface area contributed by atoms with Crippen LogP contribution < -0.4 is 0 Å². The number of nitro benzene ring substituents is 1. The van der Waals surface area contributed by atoms with Gasteiger partial charge in [-0.2, -0.15) is 10.2 Å². The molecule has 2 atom stereocenters. The van der Waals surface area contributed by atoms with Crippen molar-refractivity contribution in [2.24, 2.45) is 16.1 Å². The molecule has 1 fully saturated rings. The summed E-state index contributed by atoms with van der Waals surface area (Å²) in [5, 5.41) is 18.5. The van der Waals surface area contributed by atoms with Gasteiger partial charge >= 0.3 is 0 Å². The Hall–Kier alpha value is -2.90. The molecule has 0 radical (unpaired) electrons. The quantitative estimate of drug-likeness (QED) is 0.368. The van der Waals surface area contributed by atoms with Crippen molar-refractivity contribution in [2.45, 2.75) is 25.3 Å². The van der Waals surface area contributed by atoms with Crippen LogP contribution in [0.25, 0.3) is 0 Å². The maximum Gasteiger partial charge on any atom is 0.271 e. The molecule has 1 aromatic rings. The lowest BCUT2D eigenvalue weighted by Crippen LogP contribution is -2.50. The lowest BCUT2D eigenvalue weighted by atomic mass is 9.82. The summed E-state index contributed by atoms with van der Waals surface area (Å²) < 4.78 is 0. The van der Waals surface area contributed by atoms with Gasteiger partial charge in [-0.05, 0) is 25.3 Å². The molecule has 1 aliphatic heterocycles. The van der Waals surface area contributed by atoms with Gasteiger partial charge < -0.3 is 4.90 Å². The number of non-ortho nitro benzene ring substituents is 1. The molecule has 124 valence electrons. The van der Waals surface area contributed by atoms with Gasteiger partial charge in [0, 0.05) is 24.9 Å². The van der Waals surface area contributed by atoms with E-state index in [2.05, 4.69) is 10.2 Å². The largest absolute Gasteiger partial charge is 0.317 e. The van der Waals surface area contributed by atoms with Gasteiger partial charge in [0.15, 0.2) is 5.78 Å². The van der Waals surface area contributed by atoms with E-state index in [9.17, 15) is 19.7 Å². The summed E-state index contributed by atoms with van der Waals surface area (Å²) in [6.07, 6.45) is 4.39. The monoisotopic (exact) mass is 328 g/mol. The van der Waals surface area contributed by atoms with E-state index in [0.717, 1.165) is 18.5 Å². The van der Waals surface area contributed by atoms with Crippen LogP contribution in [0.4, 0.5) is 11.4 Å². The zero-order valence-electron chi connectivity index (χ0n) is 13.1. The van der Waals surface area contributed by atoms with E-state index in [4.69, 9.17) is 0 Å². The second-order valence-corrected chi connectivity index (χ2v) is 5.81. The lowest BCUT2D eigenvalue weighted by Gasteiger charge is -2.36. The number of carbonyl (C=O) groups is 2. The number of fused-ring (bicyclic) bond motifs is 1. The van der Waals surface area contributed by atoms with Crippen LogP contribution in [0.3, 0.4) is 0 Å². The number of likely N-dealkylation sites (tertiary alicyclic amines) is 1. The molecule has 1 amide bonds. The second kappa shape index (κ2) is 6.31. The Morgan fingerprint density at radius 1 is 1.33 bits per heavy atom. The number of rotatable bonds is 3. The van der Waals surface area contributed by atoms with E-state index >= 15 is 0 Å². The molecule has 2 unspecified atom stereocenters. The summed E-state index contributed by atoms with van der Waals surface area (Å²) >= 11 is 0. The van der Waals surface area contributed by atoms with Crippen molar-refractivity contribution < 1.29 is 14.5 Å². The molecule has 1 heterocycles. The Morgan fingerprint density at radius 2 is 2.12 bits per heavy atom. The van der Waals surface area contributed by atoms with Gasteiger partial charge in [0.25, 0.3) is 11.6 Å². The number of allylic oxidation sites excluding steroid dienone is 2. The number of nitro groups is 1. The molecular formula is C16H16N4O4. The minimum Gasteiger partial charge on any atom is -0.317 e. The highest BCUT2D eigenvalue weighted by molar-refractivity contribution is 6.10. The number of piperidine rings is 1. The fourth-order valence-electron chi connectivity index (χ4n) is 3.04. The summed E-state index contributed by atoms with van der Waals surface area (Å²) in [5.41, 5.74) is 0.859. The third kappa shape index (κ3) is 2.82. The molecule has 0 N–H and O–H groups in total. The molecule has 0 saturated carbocycles. The zero-order chi connectivity index (χ0) is 17.3. The van der Waals surface area contributed by atoms with Crippen molar-refractivity contribution in [3.8, 4) is 0 Å². The van der Waals surface area contributed by atoms with Crippen LogP contribution in [0.1, 0.15) is 19.3 Å². The molecule has 8 heteroatoms. The number of Topliss-reactive ketones (excluding diaryl/α,β-unsaturated/α-hetero) is 1. The first-order valence-electron chi connectivity index (χ1n) is 7.65. The van der Waals surface area contributed by atoms with Crippen LogP contribution in [0.2, 0.25) is 0 Å². The number of hydrogen-bond donors (Lipinski definition) is 0. The van der Waals surface area contributed by atoms with Gasteiger partial charge in [-0.15, -0.1) is 0 Å². The zero-order valence-corrected chi connectivity index (χ0v) is 13.1. The van der Waals surface area contributed by atoms with Crippen LogP contribution >= 0.6 is 0 Å². The van der Waals surface area contributed by atoms with Crippen LogP contribution in [-0.2, 0) is 9.59 Å². The average Bonchev–Trinajstić information content (AvgIpc) is 2.60. The number of ketones is 1. The Morgan fingerprint density at radius 3 is 2.88 bits per heavy atom. The number of benzene rings is 1. The fraction of sp³-hybridized carbons (Fsp3) is 0.375. The summed E-state index contributed by atoms with van der Waals surface area (Å²) in [7, 11) is 1.63. The Balaban J connectivity index is 1.86. The first-order valence-corrected chi connectivity index (χ1v) is 7.65. The van der Waals surface area contributed by atoms with Crippen molar-refractivity contribution in [1.82, 2.24) is 4.90 Å².